The molecule has 3 nitrogen and oxygen atoms in total. The summed E-state index contributed by atoms with van der Waals surface area (Å²) >= 11 is 0. The molecule has 1 aromatic carbocycles. The Balaban J connectivity index is 2.93. The Hall–Kier alpha value is -1.51. The minimum Gasteiger partial charge on any atom is -0.492 e. The SMILES string of the molecule is CCCCc1ccc(C(=O)OCC)c(OCC(C)C)c1. The Morgan fingerprint density at radius 3 is 2.60 bits per heavy atom. The Bertz CT molecular complexity index is 424. The minimum absolute atomic E-state index is 0.312. The number of aryl methyl sites for hydroxylation is 1. The lowest BCUT2D eigenvalue weighted by molar-refractivity contribution is 0.0521. The van der Waals surface area contributed by atoms with Gasteiger partial charge in [0, 0.05) is 0 Å². The molecule has 0 spiro atoms. The van der Waals surface area contributed by atoms with Crippen LogP contribution in [0, 0.1) is 5.92 Å². The van der Waals surface area contributed by atoms with Crippen LogP contribution in [0.3, 0.4) is 0 Å². The van der Waals surface area contributed by atoms with E-state index < -0.39 is 0 Å². The molecule has 0 saturated carbocycles. The maximum Gasteiger partial charge on any atom is 0.341 e. The summed E-state index contributed by atoms with van der Waals surface area (Å²) < 4.78 is 10.9. The van der Waals surface area contributed by atoms with E-state index in [9.17, 15) is 4.79 Å². The summed E-state index contributed by atoms with van der Waals surface area (Å²) in [4.78, 5) is 11.9. The summed E-state index contributed by atoms with van der Waals surface area (Å²) in [6, 6.07) is 5.78. The molecule has 0 fully saturated rings. The number of ether oxygens (including phenoxy) is 2. The highest BCUT2D eigenvalue weighted by Crippen LogP contribution is 2.23. The van der Waals surface area contributed by atoms with Crippen LogP contribution >= 0.6 is 0 Å². The van der Waals surface area contributed by atoms with Gasteiger partial charge in [0.1, 0.15) is 11.3 Å². The molecule has 3 heteroatoms. The summed E-state index contributed by atoms with van der Waals surface area (Å²) in [5.74, 6) is 0.753. The van der Waals surface area contributed by atoms with Crippen LogP contribution in [0.4, 0.5) is 0 Å². The predicted molar refractivity (Wildman–Crippen MR) is 81.3 cm³/mol. The molecule has 0 aliphatic heterocycles. The number of benzene rings is 1. The highest BCUT2D eigenvalue weighted by Gasteiger charge is 2.14. The average molecular weight is 278 g/mol. The van der Waals surface area contributed by atoms with E-state index in [4.69, 9.17) is 9.47 Å². The lowest BCUT2D eigenvalue weighted by Gasteiger charge is -2.14. The van der Waals surface area contributed by atoms with E-state index in [2.05, 4.69) is 20.8 Å². The third kappa shape index (κ3) is 5.24. The fraction of sp³-hybridized carbons (Fsp3) is 0.588. The van der Waals surface area contributed by atoms with Gasteiger partial charge in [-0.1, -0.05) is 33.3 Å². The fourth-order valence-electron chi connectivity index (χ4n) is 1.86. The van der Waals surface area contributed by atoms with Crippen LogP contribution in [-0.4, -0.2) is 19.2 Å². The number of esters is 1. The second-order valence-corrected chi connectivity index (χ2v) is 5.36. The lowest BCUT2D eigenvalue weighted by atomic mass is 10.1. The zero-order chi connectivity index (χ0) is 15.0. The Labute approximate surface area is 122 Å². The van der Waals surface area contributed by atoms with Crippen molar-refractivity contribution in [2.75, 3.05) is 13.2 Å². The van der Waals surface area contributed by atoms with Gasteiger partial charge in [0.05, 0.1) is 13.2 Å². The van der Waals surface area contributed by atoms with Crippen LogP contribution in [0.5, 0.6) is 5.75 Å². The summed E-state index contributed by atoms with van der Waals surface area (Å²) in [5.41, 5.74) is 1.73. The van der Waals surface area contributed by atoms with Crippen molar-refractivity contribution in [1.29, 1.82) is 0 Å². The average Bonchev–Trinajstić information content (AvgIpc) is 2.43. The van der Waals surface area contributed by atoms with E-state index in [1.54, 1.807) is 0 Å². The van der Waals surface area contributed by atoms with Crippen LogP contribution < -0.4 is 4.74 Å². The quantitative estimate of drug-likeness (QED) is 0.667. The molecule has 0 radical (unpaired) electrons. The summed E-state index contributed by atoms with van der Waals surface area (Å²) in [6.07, 6.45) is 3.31. The van der Waals surface area contributed by atoms with Crippen molar-refractivity contribution >= 4 is 5.97 Å². The first-order valence-electron chi connectivity index (χ1n) is 7.51. The lowest BCUT2D eigenvalue weighted by Crippen LogP contribution is -2.11. The van der Waals surface area contributed by atoms with Crippen LogP contribution in [0.1, 0.15) is 56.5 Å². The van der Waals surface area contributed by atoms with Crippen molar-refractivity contribution in [3.8, 4) is 5.75 Å². The van der Waals surface area contributed by atoms with E-state index in [0.29, 0.717) is 30.4 Å². The number of carbonyl (C=O) groups is 1. The monoisotopic (exact) mass is 278 g/mol. The van der Waals surface area contributed by atoms with E-state index in [-0.39, 0.29) is 5.97 Å². The number of unbranched alkanes of at least 4 members (excludes halogenated alkanes) is 1. The Morgan fingerprint density at radius 1 is 1.25 bits per heavy atom. The zero-order valence-corrected chi connectivity index (χ0v) is 13.1. The smallest absolute Gasteiger partial charge is 0.341 e. The van der Waals surface area contributed by atoms with Gasteiger partial charge in [-0.05, 0) is 43.4 Å². The molecule has 0 aromatic heterocycles. The number of rotatable bonds is 8. The molecule has 1 aromatic rings. The van der Waals surface area contributed by atoms with Crippen molar-refractivity contribution in [3.63, 3.8) is 0 Å². The molecule has 0 atom stereocenters. The maximum atomic E-state index is 11.9. The summed E-state index contributed by atoms with van der Waals surface area (Å²) in [7, 11) is 0. The van der Waals surface area contributed by atoms with Crippen LogP contribution in [0.25, 0.3) is 0 Å². The van der Waals surface area contributed by atoms with Crippen molar-refractivity contribution in [2.24, 2.45) is 5.92 Å². The van der Waals surface area contributed by atoms with E-state index in [0.717, 1.165) is 19.3 Å². The van der Waals surface area contributed by atoms with Crippen molar-refractivity contribution in [3.05, 3.63) is 29.3 Å². The molecule has 0 heterocycles. The molecule has 20 heavy (non-hydrogen) atoms. The van der Waals surface area contributed by atoms with Gasteiger partial charge in [-0.25, -0.2) is 4.79 Å². The molecule has 0 aliphatic rings. The largest absolute Gasteiger partial charge is 0.492 e. The fourth-order valence-corrected chi connectivity index (χ4v) is 1.86. The van der Waals surface area contributed by atoms with Crippen molar-refractivity contribution in [1.82, 2.24) is 0 Å². The Kier molecular flexibility index (Phi) is 7.13. The molecule has 0 unspecified atom stereocenters. The first-order chi connectivity index (χ1) is 9.58. The van der Waals surface area contributed by atoms with Crippen LogP contribution in [0.15, 0.2) is 18.2 Å². The number of hydrogen-bond acceptors (Lipinski definition) is 3. The maximum absolute atomic E-state index is 11.9. The minimum atomic E-state index is -0.312. The molecule has 0 aliphatic carbocycles. The zero-order valence-electron chi connectivity index (χ0n) is 13.1. The van der Waals surface area contributed by atoms with Crippen molar-refractivity contribution < 1.29 is 14.3 Å². The van der Waals surface area contributed by atoms with E-state index in [1.165, 1.54) is 5.56 Å². The highest BCUT2D eigenvalue weighted by atomic mass is 16.5. The summed E-state index contributed by atoms with van der Waals surface area (Å²) in [5, 5.41) is 0. The summed E-state index contributed by atoms with van der Waals surface area (Å²) in [6.45, 7) is 9.13. The van der Waals surface area contributed by atoms with Crippen LogP contribution in [0.2, 0.25) is 0 Å². The third-order valence-electron chi connectivity index (χ3n) is 2.93. The predicted octanol–water partition coefficient (Wildman–Crippen LogP) is 4.24. The normalized spacial score (nSPS) is 10.7. The molecular formula is C17H26O3. The van der Waals surface area contributed by atoms with Gasteiger partial charge in [-0.2, -0.15) is 0 Å². The first-order valence-corrected chi connectivity index (χ1v) is 7.51. The number of hydrogen-bond donors (Lipinski definition) is 0. The van der Waals surface area contributed by atoms with Gasteiger partial charge in [0.15, 0.2) is 0 Å². The van der Waals surface area contributed by atoms with Gasteiger partial charge < -0.3 is 9.47 Å². The molecule has 1 rings (SSSR count). The van der Waals surface area contributed by atoms with E-state index >= 15 is 0 Å². The second kappa shape index (κ2) is 8.62. The van der Waals surface area contributed by atoms with Gasteiger partial charge >= 0.3 is 5.97 Å². The molecule has 0 saturated heterocycles. The standard InChI is InChI=1S/C17H26O3/c1-5-7-8-14-9-10-15(17(18)19-6-2)16(11-14)20-12-13(3)4/h9-11,13H,5-8,12H2,1-4H3. The van der Waals surface area contributed by atoms with Crippen LogP contribution in [-0.2, 0) is 11.2 Å². The highest BCUT2D eigenvalue weighted by molar-refractivity contribution is 5.92. The molecule has 0 bridgehead atoms. The van der Waals surface area contributed by atoms with Crippen molar-refractivity contribution in [2.45, 2.75) is 47.0 Å². The second-order valence-electron chi connectivity index (χ2n) is 5.36. The first kappa shape index (κ1) is 16.5. The molecule has 0 N–H and O–H groups in total. The van der Waals surface area contributed by atoms with Gasteiger partial charge in [0.25, 0.3) is 0 Å². The van der Waals surface area contributed by atoms with Gasteiger partial charge in [-0.3, -0.25) is 0 Å². The third-order valence-corrected chi connectivity index (χ3v) is 2.93. The van der Waals surface area contributed by atoms with Gasteiger partial charge in [0.2, 0.25) is 0 Å². The Morgan fingerprint density at radius 2 is 2.00 bits per heavy atom. The molecule has 0 amide bonds. The molecular weight excluding hydrogens is 252 g/mol. The molecule has 112 valence electrons. The number of carbonyl (C=O) groups excluding carboxylic acids is 1. The topological polar surface area (TPSA) is 35.5 Å². The van der Waals surface area contributed by atoms with E-state index in [1.807, 2.05) is 25.1 Å². The van der Waals surface area contributed by atoms with Gasteiger partial charge in [-0.15, -0.1) is 0 Å².